The van der Waals surface area contributed by atoms with Gasteiger partial charge in [0.25, 0.3) is 0 Å². The Morgan fingerprint density at radius 3 is 0.811 bits per heavy atom. The van der Waals surface area contributed by atoms with Crippen molar-refractivity contribution in [3.05, 3.63) is 163 Å². The Hall–Kier alpha value is -4.68. The van der Waals surface area contributed by atoms with E-state index in [0.29, 0.717) is 0 Å². The Kier molecular flexibility index (Phi) is 5.30. The maximum absolute atomic E-state index is 2.40. The van der Waals surface area contributed by atoms with Gasteiger partial charge in [0.2, 0.25) is 0 Å². The number of hydrogen-bond donors (Lipinski definition) is 0. The largest absolute Gasteiger partial charge is 0.0622 e. The van der Waals surface area contributed by atoms with Crippen LogP contribution in [0.4, 0.5) is 0 Å². The molecule has 7 rings (SSSR count). The molecule has 0 N–H and O–H groups in total. The first-order valence-electron chi connectivity index (χ1n) is 12.8. The number of fused-ring (bicyclic) bond motifs is 3. The highest BCUT2D eigenvalue weighted by Gasteiger charge is 2.24. The van der Waals surface area contributed by atoms with Crippen molar-refractivity contribution in [2.45, 2.75) is 0 Å². The van der Waals surface area contributed by atoms with Crippen LogP contribution in [0.5, 0.6) is 0 Å². The van der Waals surface area contributed by atoms with E-state index >= 15 is 0 Å². The van der Waals surface area contributed by atoms with Crippen molar-refractivity contribution in [1.82, 2.24) is 0 Å². The van der Waals surface area contributed by atoms with E-state index in [1.807, 2.05) is 0 Å². The smallest absolute Gasteiger partial charge is 0.0212 e. The van der Waals surface area contributed by atoms with Gasteiger partial charge in [-0.3, -0.25) is 0 Å². The fourth-order valence-corrected chi connectivity index (χ4v) is 5.53. The fraction of sp³-hybridized carbons (Fsp3) is 0. The van der Waals surface area contributed by atoms with Crippen molar-refractivity contribution >= 4 is 0 Å². The Labute approximate surface area is 218 Å². The van der Waals surface area contributed by atoms with Crippen LogP contribution in [-0.4, -0.2) is 0 Å². The number of rotatable bonds is 4. The quantitative estimate of drug-likeness (QED) is 0.241. The number of benzene rings is 6. The van der Waals surface area contributed by atoms with Gasteiger partial charge in [-0.2, -0.15) is 0 Å². The van der Waals surface area contributed by atoms with E-state index in [2.05, 4.69) is 152 Å². The summed E-state index contributed by atoms with van der Waals surface area (Å²) < 4.78 is 0. The molecule has 0 amide bonds. The molecule has 0 fully saturated rings. The van der Waals surface area contributed by atoms with Crippen LogP contribution in [-0.2, 0) is 0 Å². The average Bonchev–Trinajstić information content (AvgIpc) is 3.34. The first kappa shape index (κ1) is 21.6. The van der Waals surface area contributed by atoms with Gasteiger partial charge >= 0.3 is 0 Å². The summed E-state index contributed by atoms with van der Waals surface area (Å²) >= 11 is 0. The van der Waals surface area contributed by atoms with Crippen LogP contribution >= 0.6 is 0 Å². The lowest BCUT2D eigenvalue weighted by Crippen LogP contribution is -1.90. The van der Waals surface area contributed by atoms with Gasteiger partial charge in [0, 0.05) is 6.42 Å². The van der Waals surface area contributed by atoms with Crippen molar-refractivity contribution in [1.29, 1.82) is 0 Å². The van der Waals surface area contributed by atoms with E-state index < -0.39 is 0 Å². The van der Waals surface area contributed by atoms with E-state index in [0.717, 1.165) is 0 Å². The molecule has 1 radical (unpaired) electrons. The molecule has 0 saturated carbocycles. The third-order valence-electron chi connectivity index (χ3n) is 7.32. The Balaban J connectivity index is 1.47. The summed E-state index contributed by atoms with van der Waals surface area (Å²) in [6.07, 6.45) is 2.35. The predicted molar refractivity (Wildman–Crippen MR) is 156 cm³/mol. The minimum absolute atomic E-state index is 1.24. The molecule has 0 aromatic heterocycles. The van der Waals surface area contributed by atoms with Crippen LogP contribution in [0, 0.1) is 6.42 Å². The molecule has 6 aromatic carbocycles. The second-order valence-corrected chi connectivity index (χ2v) is 9.58. The van der Waals surface area contributed by atoms with Gasteiger partial charge in [-0.15, -0.1) is 0 Å². The lowest BCUT2D eigenvalue weighted by molar-refractivity contribution is 1.51. The van der Waals surface area contributed by atoms with Gasteiger partial charge < -0.3 is 0 Å². The van der Waals surface area contributed by atoms with Crippen LogP contribution < -0.4 is 0 Å². The first-order chi connectivity index (χ1) is 18.3. The van der Waals surface area contributed by atoms with Gasteiger partial charge in [-0.05, 0) is 91.0 Å². The van der Waals surface area contributed by atoms with Crippen molar-refractivity contribution in [3.63, 3.8) is 0 Å². The maximum atomic E-state index is 2.40. The Bertz CT molecular complexity index is 1570. The molecule has 1 aliphatic rings. The molecular formula is C37H25. The topological polar surface area (TPSA) is 0 Å². The Morgan fingerprint density at radius 1 is 0.243 bits per heavy atom. The third kappa shape index (κ3) is 3.88. The summed E-state index contributed by atoms with van der Waals surface area (Å²) in [5.41, 5.74) is 15.2. The van der Waals surface area contributed by atoms with Crippen molar-refractivity contribution in [2.24, 2.45) is 0 Å². The fourth-order valence-electron chi connectivity index (χ4n) is 5.53. The van der Waals surface area contributed by atoms with E-state index in [4.69, 9.17) is 0 Å². The standard InChI is InChI=1S/C37H25/c1-5-13-26(14-6-1)32-22-30-21-31-23-33(27-15-7-2-8-16-27)35(29-19-11-4-12-20-29)25-37(31)36(30)24-34(32)28-17-9-3-10-18-28/h1-25H. The molecule has 0 heterocycles. The summed E-state index contributed by atoms with van der Waals surface area (Å²) in [5.74, 6) is 0. The van der Waals surface area contributed by atoms with E-state index in [9.17, 15) is 0 Å². The molecule has 0 bridgehead atoms. The van der Waals surface area contributed by atoms with E-state index in [-0.39, 0.29) is 0 Å². The SMILES string of the molecule is [CH]1c2cc(-c3ccccc3)c(-c3ccccc3)cc2-c2cc(-c3ccccc3)c(-c3ccccc3)cc21. The molecule has 37 heavy (non-hydrogen) atoms. The highest BCUT2D eigenvalue weighted by Crippen LogP contribution is 2.47. The van der Waals surface area contributed by atoms with Gasteiger partial charge in [0.1, 0.15) is 0 Å². The molecule has 6 aromatic rings. The monoisotopic (exact) mass is 469 g/mol. The minimum atomic E-state index is 1.24. The molecule has 0 saturated heterocycles. The summed E-state index contributed by atoms with van der Waals surface area (Å²) in [6, 6.07) is 52.5. The highest BCUT2D eigenvalue weighted by molar-refractivity contribution is 5.96. The lowest BCUT2D eigenvalue weighted by atomic mass is 9.88. The molecule has 0 spiro atoms. The van der Waals surface area contributed by atoms with Crippen molar-refractivity contribution < 1.29 is 0 Å². The second kappa shape index (κ2) is 9.08. The van der Waals surface area contributed by atoms with Crippen molar-refractivity contribution in [3.8, 4) is 55.6 Å². The molecule has 0 atom stereocenters. The third-order valence-corrected chi connectivity index (χ3v) is 7.32. The maximum Gasteiger partial charge on any atom is 0.0212 e. The van der Waals surface area contributed by atoms with Gasteiger partial charge in [-0.25, -0.2) is 0 Å². The highest BCUT2D eigenvalue weighted by atomic mass is 14.3. The second-order valence-electron chi connectivity index (χ2n) is 9.58. The van der Waals surface area contributed by atoms with Crippen LogP contribution in [0.15, 0.2) is 146 Å². The molecule has 173 valence electrons. The zero-order chi connectivity index (χ0) is 24.6. The summed E-state index contributed by atoms with van der Waals surface area (Å²) in [5, 5.41) is 0. The minimum Gasteiger partial charge on any atom is -0.0622 e. The summed E-state index contributed by atoms with van der Waals surface area (Å²) in [7, 11) is 0. The first-order valence-corrected chi connectivity index (χ1v) is 12.8. The average molecular weight is 470 g/mol. The van der Waals surface area contributed by atoms with Gasteiger partial charge in [-0.1, -0.05) is 121 Å². The zero-order valence-electron chi connectivity index (χ0n) is 20.4. The van der Waals surface area contributed by atoms with E-state index in [1.54, 1.807) is 0 Å². The molecule has 1 aliphatic carbocycles. The lowest BCUT2D eigenvalue weighted by Gasteiger charge is -2.15. The van der Waals surface area contributed by atoms with E-state index in [1.165, 1.54) is 66.8 Å². The summed E-state index contributed by atoms with van der Waals surface area (Å²) in [4.78, 5) is 0. The van der Waals surface area contributed by atoms with Crippen LogP contribution in [0.2, 0.25) is 0 Å². The normalized spacial score (nSPS) is 11.7. The van der Waals surface area contributed by atoms with Crippen LogP contribution in [0.3, 0.4) is 0 Å². The predicted octanol–water partition coefficient (Wildman–Crippen LogP) is 9.94. The van der Waals surface area contributed by atoms with Crippen LogP contribution in [0.1, 0.15) is 11.1 Å². The van der Waals surface area contributed by atoms with Gasteiger partial charge in [0.05, 0.1) is 0 Å². The Morgan fingerprint density at radius 2 is 0.514 bits per heavy atom. The molecule has 0 aliphatic heterocycles. The molecule has 0 heteroatoms. The van der Waals surface area contributed by atoms with Crippen molar-refractivity contribution in [2.75, 3.05) is 0 Å². The molecular weight excluding hydrogens is 444 g/mol. The van der Waals surface area contributed by atoms with Crippen LogP contribution in [0.25, 0.3) is 55.6 Å². The summed E-state index contributed by atoms with van der Waals surface area (Å²) in [6.45, 7) is 0. The van der Waals surface area contributed by atoms with Gasteiger partial charge in [0.15, 0.2) is 0 Å². The molecule has 0 nitrogen and oxygen atoms in total. The molecule has 0 unspecified atom stereocenters. The number of hydrogen-bond acceptors (Lipinski definition) is 0. The zero-order valence-corrected chi connectivity index (χ0v) is 20.4.